The van der Waals surface area contributed by atoms with E-state index in [1.807, 2.05) is 32.0 Å². The molecule has 1 aliphatic rings. The van der Waals surface area contributed by atoms with Gasteiger partial charge in [0.1, 0.15) is 12.4 Å². The molecular weight excluding hydrogens is 326 g/mol. The maximum atomic E-state index is 10.2. The van der Waals surface area contributed by atoms with Crippen molar-refractivity contribution in [1.82, 2.24) is 4.90 Å². The summed E-state index contributed by atoms with van der Waals surface area (Å²) in [6, 6.07) is 14.7. The first-order valence-electron chi connectivity index (χ1n) is 9.37. The van der Waals surface area contributed by atoms with Crippen molar-refractivity contribution >= 4 is 0 Å². The third-order valence-corrected chi connectivity index (χ3v) is 4.87. The van der Waals surface area contributed by atoms with Crippen LogP contribution in [0.3, 0.4) is 0 Å². The lowest BCUT2D eigenvalue weighted by molar-refractivity contribution is 0.00578. The minimum atomic E-state index is -0.472. The van der Waals surface area contributed by atoms with Crippen LogP contribution in [0.15, 0.2) is 42.5 Å². The van der Waals surface area contributed by atoms with Crippen molar-refractivity contribution in [2.75, 3.05) is 32.9 Å². The fourth-order valence-electron chi connectivity index (χ4n) is 3.51. The standard InChI is InChI=1S/C22H29NO3/c1-17-6-5-7-18(2)22(17)26-13-12-25-16-21(24)15-23-11-10-19-8-3-4-9-20(19)14-23/h3-9,21,24H,10-16H2,1-2H3/t21-/m1/s1. The summed E-state index contributed by atoms with van der Waals surface area (Å²) in [4.78, 5) is 2.30. The summed E-state index contributed by atoms with van der Waals surface area (Å²) >= 11 is 0. The number of ether oxygens (including phenoxy) is 2. The molecular formula is C22H29NO3. The van der Waals surface area contributed by atoms with Gasteiger partial charge in [0.25, 0.3) is 0 Å². The van der Waals surface area contributed by atoms with E-state index in [1.54, 1.807) is 0 Å². The molecule has 1 atom stereocenters. The maximum Gasteiger partial charge on any atom is 0.125 e. The quantitative estimate of drug-likeness (QED) is 0.739. The molecule has 4 heteroatoms. The molecule has 0 saturated heterocycles. The van der Waals surface area contributed by atoms with E-state index < -0.39 is 6.10 Å². The van der Waals surface area contributed by atoms with E-state index in [0.29, 0.717) is 26.4 Å². The Labute approximate surface area is 156 Å². The Hall–Kier alpha value is -1.88. The van der Waals surface area contributed by atoms with Crippen LogP contribution >= 0.6 is 0 Å². The maximum absolute atomic E-state index is 10.2. The van der Waals surface area contributed by atoms with Crippen LogP contribution in [-0.4, -0.2) is 49.0 Å². The van der Waals surface area contributed by atoms with Crippen LogP contribution in [0.4, 0.5) is 0 Å². The molecule has 26 heavy (non-hydrogen) atoms. The summed E-state index contributed by atoms with van der Waals surface area (Å²) in [5.41, 5.74) is 5.07. The summed E-state index contributed by atoms with van der Waals surface area (Å²) in [5, 5.41) is 10.2. The van der Waals surface area contributed by atoms with Gasteiger partial charge >= 0.3 is 0 Å². The first kappa shape index (κ1) is 18.9. The average Bonchev–Trinajstić information content (AvgIpc) is 2.63. The van der Waals surface area contributed by atoms with Gasteiger partial charge in [-0.15, -0.1) is 0 Å². The van der Waals surface area contributed by atoms with Gasteiger partial charge in [0.05, 0.1) is 19.3 Å². The van der Waals surface area contributed by atoms with Gasteiger partial charge in [0.2, 0.25) is 0 Å². The van der Waals surface area contributed by atoms with Crippen molar-refractivity contribution in [3.8, 4) is 5.75 Å². The number of fused-ring (bicyclic) bond motifs is 1. The highest BCUT2D eigenvalue weighted by Crippen LogP contribution is 2.22. The van der Waals surface area contributed by atoms with Gasteiger partial charge in [-0.25, -0.2) is 0 Å². The lowest BCUT2D eigenvalue weighted by atomic mass is 10.00. The summed E-state index contributed by atoms with van der Waals surface area (Å²) in [7, 11) is 0. The predicted octanol–water partition coefficient (Wildman–Crippen LogP) is 3.12. The van der Waals surface area contributed by atoms with E-state index in [4.69, 9.17) is 9.47 Å². The van der Waals surface area contributed by atoms with Gasteiger partial charge in [-0.3, -0.25) is 4.90 Å². The van der Waals surface area contributed by atoms with Crippen molar-refractivity contribution in [2.24, 2.45) is 0 Å². The number of rotatable bonds is 8. The average molecular weight is 355 g/mol. The normalized spacial score (nSPS) is 15.5. The number of benzene rings is 2. The number of hydrogen-bond acceptors (Lipinski definition) is 4. The van der Waals surface area contributed by atoms with Crippen molar-refractivity contribution in [2.45, 2.75) is 32.9 Å². The highest BCUT2D eigenvalue weighted by Gasteiger charge is 2.18. The SMILES string of the molecule is Cc1cccc(C)c1OCCOC[C@H](O)CN1CCc2ccccc2C1. The molecule has 0 bridgehead atoms. The Balaban J connectivity index is 1.34. The number of aryl methyl sites for hydroxylation is 2. The first-order valence-corrected chi connectivity index (χ1v) is 9.37. The summed E-state index contributed by atoms with van der Waals surface area (Å²) in [6.07, 6.45) is 0.577. The Kier molecular flexibility index (Phi) is 6.67. The van der Waals surface area contributed by atoms with Crippen LogP contribution in [0.25, 0.3) is 0 Å². The van der Waals surface area contributed by atoms with Gasteiger partial charge in [-0.2, -0.15) is 0 Å². The molecule has 0 saturated carbocycles. The van der Waals surface area contributed by atoms with Crippen molar-refractivity contribution in [1.29, 1.82) is 0 Å². The zero-order valence-corrected chi connectivity index (χ0v) is 15.8. The molecule has 0 aromatic heterocycles. The van der Waals surface area contributed by atoms with E-state index in [0.717, 1.165) is 36.4 Å². The van der Waals surface area contributed by atoms with Crippen LogP contribution < -0.4 is 4.74 Å². The molecule has 0 radical (unpaired) electrons. The molecule has 0 fully saturated rings. The zero-order chi connectivity index (χ0) is 18.4. The number of hydrogen-bond donors (Lipinski definition) is 1. The number of β-amino-alcohol motifs (C(OH)–C–C–N with tert-alkyl or cyclic N) is 1. The lowest BCUT2D eigenvalue weighted by Crippen LogP contribution is -2.38. The summed E-state index contributed by atoms with van der Waals surface area (Å²) < 4.78 is 11.4. The van der Waals surface area contributed by atoms with Crippen LogP contribution in [0.2, 0.25) is 0 Å². The van der Waals surface area contributed by atoms with Gasteiger partial charge in [0, 0.05) is 19.6 Å². The van der Waals surface area contributed by atoms with Crippen LogP contribution in [-0.2, 0) is 17.7 Å². The summed E-state index contributed by atoms with van der Waals surface area (Å²) in [6.45, 7) is 7.95. The second-order valence-electron chi connectivity index (χ2n) is 7.05. The van der Waals surface area contributed by atoms with Crippen molar-refractivity contribution in [3.63, 3.8) is 0 Å². The number of nitrogens with zero attached hydrogens (tertiary/aromatic N) is 1. The van der Waals surface area contributed by atoms with E-state index in [9.17, 15) is 5.11 Å². The minimum absolute atomic E-state index is 0.342. The molecule has 1 aliphatic heterocycles. The monoisotopic (exact) mass is 355 g/mol. The van der Waals surface area contributed by atoms with Crippen molar-refractivity contribution in [3.05, 3.63) is 64.7 Å². The Morgan fingerprint density at radius 3 is 2.50 bits per heavy atom. The number of para-hydroxylation sites is 1. The fraction of sp³-hybridized carbons (Fsp3) is 0.455. The third-order valence-electron chi connectivity index (χ3n) is 4.87. The molecule has 2 aromatic rings. The van der Waals surface area contributed by atoms with E-state index in [2.05, 4.69) is 29.2 Å². The van der Waals surface area contributed by atoms with Crippen LogP contribution in [0.5, 0.6) is 5.75 Å². The molecule has 1 N–H and O–H groups in total. The molecule has 0 spiro atoms. The largest absolute Gasteiger partial charge is 0.491 e. The molecule has 2 aromatic carbocycles. The van der Waals surface area contributed by atoms with E-state index >= 15 is 0 Å². The van der Waals surface area contributed by atoms with Crippen LogP contribution in [0, 0.1) is 13.8 Å². The minimum Gasteiger partial charge on any atom is -0.491 e. The Bertz CT molecular complexity index is 696. The van der Waals surface area contributed by atoms with E-state index in [1.165, 1.54) is 11.1 Å². The smallest absolute Gasteiger partial charge is 0.125 e. The Morgan fingerprint density at radius 1 is 1.00 bits per heavy atom. The number of aliphatic hydroxyl groups is 1. The van der Waals surface area contributed by atoms with Crippen LogP contribution in [0.1, 0.15) is 22.3 Å². The molecule has 1 heterocycles. The fourth-order valence-corrected chi connectivity index (χ4v) is 3.51. The number of aliphatic hydroxyl groups excluding tert-OH is 1. The highest BCUT2D eigenvalue weighted by molar-refractivity contribution is 5.39. The first-order chi connectivity index (χ1) is 12.6. The lowest BCUT2D eigenvalue weighted by Gasteiger charge is -2.30. The molecule has 140 valence electrons. The van der Waals surface area contributed by atoms with Gasteiger partial charge in [-0.05, 0) is 42.5 Å². The highest BCUT2D eigenvalue weighted by atomic mass is 16.5. The third kappa shape index (κ3) is 5.07. The van der Waals surface area contributed by atoms with Gasteiger partial charge in [-0.1, -0.05) is 42.5 Å². The van der Waals surface area contributed by atoms with Gasteiger partial charge < -0.3 is 14.6 Å². The topological polar surface area (TPSA) is 41.9 Å². The molecule has 4 nitrogen and oxygen atoms in total. The van der Waals surface area contributed by atoms with Crippen molar-refractivity contribution < 1.29 is 14.6 Å². The zero-order valence-electron chi connectivity index (χ0n) is 15.8. The molecule has 0 amide bonds. The Morgan fingerprint density at radius 2 is 1.73 bits per heavy atom. The molecule has 0 aliphatic carbocycles. The van der Waals surface area contributed by atoms with Gasteiger partial charge in [0.15, 0.2) is 0 Å². The van der Waals surface area contributed by atoms with E-state index in [-0.39, 0.29) is 0 Å². The second kappa shape index (κ2) is 9.17. The summed E-state index contributed by atoms with van der Waals surface area (Å²) in [5.74, 6) is 0.934. The second-order valence-corrected chi connectivity index (χ2v) is 7.05. The molecule has 3 rings (SSSR count). The predicted molar refractivity (Wildman–Crippen MR) is 104 cm³/mol. The molecule has 0 unspecified atom stereocenters.